The number of carbonyl (C=O) groups is 3. The zero-order valence-corrected chi connectivity index (χ0v) is 21.4. The topological polar surface area (TPSA) is 112 Å². The number of imidazole rings is 1. The number of aromatic nitrogens is 2. The molecule has 1 aromatic heterocycles. The summed E-state index contributed by atoms with van der Waals surface area (Å²) in [4.78, 5) is 50.5. The summed E-state index contributed by atoms with van der Waals surface area (Å²) < 4.78 is 28.4. The number of nitrogens with one attached hydrogen (secondary N) is 1. The quantitative estimate of drug-likeness (QED) is 0.496. The van der Waals surface area contributed by atoms with E-state index in [9.17, 15) is 23.6 Å². The van der Waals surface area contributed by atoms with Crippen molar-refractivity contribution >= 4 is 28.9 Å². The van der Waals surface area contributed by atoms with Crippen LogP contribution in [0.5, 0.6) is 0 Å². The van der Waals surface area contributed by atoms with Gasteiger partial charge in [-0.2, -0.15) is 0 Å². The van der Waals surface area contributed by atoms with Gasteiger partial charge >= 0.3 is 11.8 Å². The number of benzene rings is 1. The minimum absolute atomic E-state index is 0.0320. The summed E-state index contributed by atoms with van der Waals surface area (Å²) in [6, 6.07) is 4.43. The molecule has 4 rings (SSSR count). The van der Waals surface area contributed by atoms with Gasteiger partial charge < -0.3 is 14.4 Å². The molecule has 0 aliphatic carbocycles. The van der Waals surface area contributed by atoms with E-state index in [1.54, 1.807) is 46.0 Å². The molecule has 1 N–H and O–H groups in total. The van der Waals surface area contributed by atoms with Gasteiger partial charge in [-0.05, 0) is 45.7 Å². The van der Waals surface area contributed by atoms with Gasteiger partial charge in [-0.15, -0.1) is 0 Å². The van der Waals surface area contributed by atoms with Gasteiger partial charge in [0.15, 0.2) is 0 Å². The van der Waals surface area contributed by atoms with Gasteiger partial charge in [0.2, 0.25) is 11.8 Å². The molecule has 3 amide bonds. The molecular formula is C26H31FN4O6. The van der Waals surface area contributed by atoms with E-state index in [2.05, 4.69) is 17.2 Å². The molecule has 0 spiro atoms. The van der Waals surface area contributed by atoms with Crippen LogP contribution >= 0.6 is 0 Å². The van der Waals surface area contributed by atoms with Crippen LogP contribution in [0.25, 0.3) is 11.0 Å². The number of rotatable bonds is 3. The van der Waals surface area contributed by atoms with E-state index in [1.165, 1.54) is 14.0 Å². The highest BCUT2D eigenvalue weighted by Crippen LogP contribution is 2.25. The first-order valence-electron chi connectivity index (χ1n) is 12.2. The van der Waals surface area contributed by atoms with Gasteiger partial charge in [0, 0.05) is 20.0 Å². The minimum atomic E-state index is -1.37. The lowest BCUT2D eigenvalue weighted by Gasteiger charge is -2.35. The number of hydrogen-bond acceptors (Lipinski definition) is 6. The number of imide groups is 1. The largest absolute Gasteiger partial charge is 0.444 e. The summed E-state index contributed by atoms with van der Waals surface area (Å²) in [6.45, 7) is 5.46. The van der Waals surface area contributed by atoms with Gasteiger partial charge in [-0.3, -0.25) is 24.0 Å². The van der Waals surface area contributed by atoms with E-state index in [1.807, 2.05) is 0 Å². The molecule has 2 fully saturated rings. The SMILES string of the molecule is Cn1c(=O)n(C2CCC(=O)NC2=O)c2cccc(C#CCO[C@H]3CCN(C(=O)OC(C)(C)C)C[C@@H]3F)c21. The van der Waals surface area contributed by atoms with E-state index in [-0.39, 0.29) is 37.6 Å². The highest BCUT2D eigenvalue weighted by molar-refractivity contribution is 6.00. The third kappa shape index (κ3) is 5.69. The summed E-state index contributed by atoms with van der Waals surface area (Å²) in [5, 5.41) is 2.29. The minimum Gasteiger partial charge on any atom is -0.444 e. The molecule has 1 unspecified atom stereocenters. The number of alkyl halides is 1. The Morgan fingerprint density at radius 3 is 2.65 bits per heavy atom. The van der Waals surface area contributed by atoms with Crippen molar-refractivity contribution in [3.63, 3.8) is 0 Å². The summed E-state index contributed by atoms with van der Waals surface area (Å²) in [7, 11) is 1.60. The lowest BCUT2D eigenvalue weighted by Crippen LogP contribution is -2.49. The molecule has 3 heterocycles. The Kier molecular flexibility index (Phi) is 7.41. The summed E-state index contributed by atoms with van der Waals surface area (Å²) in [5.74, 6) is 5.01. The first kappa shape index (κ1) is 26.4. The lowest BCUT2D eigenvalue weighted by atomic mass is 10.1. The monoisotopic (exact) mass is 514 g/mol. The van der Waals surface area contributed by atoms with Crippen molar-refractivity contribution in [2.45, 2.75) is 64.0 Å². The van der Waals surface area contributed by atoms with Gasteiger partial charge in [-0.25, -0.2) is 14.0 Å². The summed E-state index contributed by atoms with van der Waals surface area (Å²) in [6.07, 6.45) is -1.89. The smallest absolute Gasteiger partial charge is 0.410 e. The van der Waals surface area contributed by atoms with Crippen molar-refractivity contribution in [2.75, 3.05) is 19.7 Å². The normalized spacial score (nSPS) is 22.4. The van der Waals surface area contributed by atoms with E-state index in [4.69, 9.17) is 9.47 Å². The van der Waals surface area contributed by atoms with Crippen LogP contribution in [-0.2, 0) is 26.1 Å². The van der Waals surface area contributed by atoms with Crippen molar-refractivity contribution in [2.24, 2.45) is 7.05 Å². The van der Waals surface area contributed by atoms with E-state index in [0.29, 0.717) is 29.6 Å². The molecule has 0 radical (unpaired) electrons. The Morgan fingerprint density at radius 2 is 1.97 bits per heavy atom. The number of likely N-dealkylation sites (tertiary alicyclic amines) is 1. The van der Waals surface area contributed by atoms with Crippen molar-refractivity contribution in [3.05, 3.63) is 34.2 Å². The zero-order chi connectivity index (χ0) is 26.9. The molecule has 10 nitrogen and oxygen atoms in total. The molecule has 1 aromatic carbocycles. The molecule has 198 valence electrons. The Hall–Kier alpha value is -3.65. The Labute approximate surface area is 213 Å². The molecule has 2 aromatic rings. The number of hydrogen-bond donors (Lipinski definition) is 1. The highest BCUT2D eigenvalue weighted by atomic mass is 19.1. The van der Waals surface area contributed by atoms with Crippen molar-refractivity contribution in [1.29, 1.82) is 0 Å². The fourth-order valence-corrected chi connectivity index (χ4v) is 4.61. The fourth-order valence-electron chi connectivity index (χ4n) is 4.61. The standard InChI is InChI=1S/C26H31FN4O6/c1-26(2,3)37-25(35)30-13-12-20(17(27)15-30)36-14-6-8-16-7-5-9-18-22(16)29(4)24(34)31(18)19-10-11-21(32)28-23(19)33/h5,7,9,17,19-20H,10-15H2,1-4H3,(H,28,32,33)/t17-,19?,20-/m0/s1. The average molecular weight is 515 g/mol. The van der Waals surface area contributed by atoms with Gasteiger partial charge in [0.25, 0.3) is 0 Å². The number of amides is 3. The molecular weight excluding hydrogens is 483 g/mol. The van der Waals surface area contributed by atoms with Crippen LogP contribution in [0, 0.1) is 11.8 Å². The number of nitrogens with zero attached hydrogens (tertiary/aromatic N) is 3. The third-order valence-corrected chi connectivity index (χ3v) is 6.35. The number of para-hydroxylation sites is 1. The third-order valence-electron chi connectivity index (χ3n) is 6.35. The number of halogens is 1. The zero-order valence-electron chi connectivity index (χ0n) is 21.4. The number of fused-ring (bicyclic) bond motifs is 1. The molecule has 37 heavy (non-hydrogen) atoms. The molecule has 2 saturated heterocycles. The van der Waals surface area contributed by atoms with Gasteiger partial charge in [-0.1, -0.05) is 17.9 Å². The fraction of sp³-hybridized carbons (Fsp3) is 0.538. The predicted molar refractivity (Wildman–Crippen MR) is 133 cm³/mol. The number of carbonyl (C=O) groups excluding carboxylic acids is 3. The van der Waals surface area contributed by atoms with Crippen LogP contribution in [0.3, 0.4) is 0 Å². The molecule has 11 heteroatoms. The molecule has 2 aliphatic rings. The van der Waals surface area contributed by atoms with Crippen LogP contribution in [0.15, 0.2) is 23.0 Å². The van der Waals surface area contributed by atoms with Crippen LogP contribution in [0.2, 0.25) is 0 Å². The number of aryl methyl sites for hydroxylation is 1. The summed E-state index contributed by atoms with van der Waals surface area (Å²) in [5.41, 5.74) is 0.614. The van der Waals surface area contributed by atoms with Crippen molar-refractivity contribution in [3.8, 4) is 11.8 Å². The maximum Gasteiger partial charge on any atom is 0.410 e. The lowest BCUT2D eigenvalue weighted by molar-refractivity contribution is -0.135. The van der Waals surface area contributed by atoms with Crippen LogP contribution in [0.1, 0.15) is 51.6 Å². The molecule has 0 saturated carbocycles. The van der Waals surface area contributed by atoms with Crippen molar-refractivity contribution in [1.82, 2.24) is 19.4 Å². The second kappa shape index (κ2) is 10.4. The Bertz CT molecular complexity index is 1340. The molecule has 3 atom stereocenters. The van der Waals surface area contributed by atoms with E-state index < -0.39 is 35.9 Å². The van der Waals surface area contributed by atoms with Crippen LogP contribution in [0.4, 0.5) is 9.18 Å². The molecule has 0 bridgehead atoms. The Morgan fingerprint density at radius 1 is 1.22 bits per heavy atom. The maximum atomic E-state index is 14.7. The van der Waals surface area contributed by atoms with Gasteiger partial charge in [0.05, 0.1) is 29.2 Å². The number of ether oxygens (including phenoxy) is 2. The average Bonchev–Trinajstić information content (AvgIpc) is 3.07. The Balaban J connectivity index is 1.44. The second-order valence-corrected chi connectivity index (χ2v) is 10.2. The first-order chi connectivity index (χ1) is 17.5. The van der Waals surface area contributed by atoms with Gasteiger partial charge in [0.1, 0.15) is 24.4 Å². The van der Waals surface area contributed by atoms with Crippen LogP contribution in [-0.4, -0.2) is 69.5 Å². The van der Waals surface area contributed by atoms with E-state index >= 15 is 0 Å². The highest BCUT2D eigenvalue weighted by Gasteiger charge is 2.34. The van der Waals surface area contributed by atoms with E-state index in [0.717, 1.165) is 0 Å². The second-order valence-electron chi connectivity index (χ2n) is 10.2. The van der Waals surface area contributed by atoms with Crippen molar-refractivity contribution < 1.29 is 28.2 Å². The summed E-state index contributed by atoms with van der Waals surface area (Å²) >= 11 is 0. The predicted octanol–water partition coefficient (Wildman–Crippen LogP) is 2.03. The van der Waals surface area contributed by atoms with Crippen LogP contribution < -0.4 is 11.0 Å². The first-order valence-corrected chi connectivity index (χ1v) is 12.2. The number of piperidine rings is 2. The maximum absolute atomic E-state index is 14.7. The molecule has 2 aliphatic heterocycles.